The highest BCUT2D eigenvalue weighted by atomic mass is 32.2. The second-order valence-corrected chi connectivity index (χ2v) is 20.3. The summed E-state index contributed by atoms with van der Waals surface area (Å²) in [6.07, 6.45) is 10.2. The van der Waals surface area contributed by atoms with Crippen molar-refractivity contribution in [2.75, 3.05) is 0 Å². The van der Waals surface area contributed by atoms with Gasteiger partial charge in [-0.1, -0.05) is 212 Å². The zero-order valence-electron chi connectivity index (χ0n) is 38.4. The first kappa shape index (κ1) is 40.9. The molecule has 0 saturated heterocycles. The van der Waals surface area contributed by atoms with Gasteiger partial charge in [-0.3, -0.25) is 4.99 Å². The smallest absolute Gasteiger partial charge is 0.156 e. The number of hydrogen-bond donors (Lipinski definition) is 0. The summed E-state index contributed by atoms with van der Waals surface area (Å²) in [7, 11) is 0. The quantitative estimate of drug-likeness (QED) is 0.163. The lowest BCUT2D eigenvalue weighted by Crippen LogP contribution is -2.16. The van der Waals surface area contributed by atoms with E-state index in [9.17, 15) is 0 Å². The van der Waals surface area contributed by atoms with Gasteiger partial charge in [-0.05, 0) is 131 Å². The van der Waals surface area contributed by atoms with Crippen LogP contribution in [-0.2, 0) is 6.42 Å². The molecule has 0 saturated carbocycles. The number of benzene rings is 10. The molecular weight excluding hydrogens is 865 g/mol. The van der Waals surface area contributed by atoms with E-state index < -0.39 is 0 Å². The molecule has 2 aliphatic heterocycles. The van der Waals surface area contributed by atoms with Crippen LogP contribution in [0.1, 0.15) is 67.9 Å². The SMILES string of the molecule is C1=CC(c2ccc(-c3ccccc3)cc2)N=C(c2cccc(-c3ccccc3)c2)N=C1c1cc(C2Cc3cc4ccccc4cc3-c3ccc4ccccc4c32)c2c(c1)C1c3ccccc3C=CC1S2. The van der Waals surface area contributed by atoms with E-state index in [4.69, 9.17) is 9.98 Å². The Hall–Kier alpha value is -8.11. The van der Waals surface area contributed by atoms with E-state index in [0.29, 0.717) is 5.25 Å². The molecule has 0 aromatic heterocycles. The molecule has 10 aromatic carbocycles. The Labute approximate surface area is 413 Å². The normalized spacial score (nSPS) is 18.5. The van der Waals surface area contributed by atoms with Crippen LogP contribution in [0.2, 0.25) is 0 Å². The lowest BCUT2D eigenvalue weighted by molar-refractivity contribution is 0.773. The lowest BCUT2D eigenvalue weighted by Gasteiger charge is -2.32. The summed E-state index contributed by atoms with van der Waals surface area (Å²) in [5.41, 5.74) is 19.8. The lowest BCUT2D eigenvalue weighted by atomic mass is 9.72. The highest BCUT2D eigenvalue weighted by Crippen LogP contribution is 2.57. The third-order valence-corrected chi connectivity index (χ3v) is 16.5. The fraction of sp³-hybridized carbons (Fsp3) is 0.0746. The molecule has 0 bridgehead atoms. The molecule has 2 heterocycles. The van der Waals surface area contributed by atoms with Crippen molar-refractivity contribution in [3.63, 3.8) is 0 Å². The number of amidine groups is 1. The average molecular weight is 911 g/mol. The number of rotatable bonds is 6. The molecule has 0 spiro atoms. The number of allylic oxidation sites excluding steroid dienone is 1. The monoisotopic (exact) mass is 910 g/mol. The predicted molar refractivity (Wildman–Crippen MR) is 295 cm³/mol. The van der Waals surface area contributed by atoms with Gasteiger partial charge in [0, 0.05) is 33.1 Å². The summed E-state index contributed by atoms with van der Waals surface area (Å²) in [5.74, 6) is 1.05. The number of thioether (sulfide) groups is 1. The van der Waals surface area contributed by atoms with Gasteiger partial charge in [0.25, 0.3) is 0 Å². The molecule has 0 amide bonds. The summed E-state index contributed by atoms with van der Waals surface area (Å²) in [5, 5.41) is 5.46. The molecule has 4 unspecified atom stereocenters. The molecule has 330 valence electrons. The van der Waals surface area contributed by atoms with Crippen LogP contribution in [0.5, 0.6) is 0 Å². The highest BCUT2D eigenvalue weighted by Gasteiger charge is 2.40. The van der Waals surface area contributed by atoms with Crippen LogP contribution in [-0.4, -0.2) is 16.8 Å². The fourth-order valence-electron chi connectivity index (χ4n) is 11.7. The molecule has 0 radical (unpaired) electrons. The first-order valence-electron chi connectivity index (χ1n) is 24.5. The van der Waals surface area contributed by atoms with Gasteiger partial charge in [0.15, 0.2) is 5.84 Å². The summed E-state index contributed by atoms with van der Waals surface area (Å²) >= 11 is 2.05. The van der Waals surface area contributed by atoms with E-state index in [1.165, 1.54) is 87.6 Å². The van der Waals surface area contributed by atoms with Crippen molar-refractivity contribution in [3.8, 4) is 33.4 Å². The van der Waals surface area contributed by atoms with Crippen LogP contribution in [0.4, 0.5) is 0 Å². The average Bonchev–Trinajstić information content (AvgIpc) is 3.67. The third-order valence-electron chi connectivity index (χ3n) is 15.0. The maximum atomic E-state index is 5.68. The second-order valence-electron chi connectivity index (χ2n) is 19.1. The van der Waals surface area contributed by atoms with Gasteiger partial charge in [0.1, 0.15) is 0 Å². The Morgan fingerprint density at radius 3 is 1.94 bits per heavy atom. The molecule has 70 heavy (non-hydrogen) atoms. The van der Waals surface area contributed by atoms with Gasteiger partial charge in [-0.25, -0.2) is 4.99 Å². The van der Waals surface area contributed by atoms with Crippen LogP contribution in [0.3, 0.4) is 0 Å². The molecule has 4 atom stereocenters. The Bertz CT molecular complexity index is 3840. The number of fused-ring (bicyclic) bond motifs is 11. The zero-order chi connectivity index (χ0) is 46.1. The summed E-state index contributed by atoms with van der Waals surface area (Å²) in [6.45, 7) is 0. The second kappa shape index (κ2) is 16.8. The Morgan fingerprint density at radius 1 is 0.443 bits per heavy atom. The minimum absolute atomic E-state index is 0.109. The fourth-order valence-corrected chi connectivity index (χ4v) is 13.2. The molecular formula is C67H46N2S. The maximum Gasteiger partial charge on any atom is 0.156 e. The van der Waals surface area contributed by atoms with E-state index >= 15 is 0 Å². The van der Waals surface area contributed by atoms with Crippen LogP contribution in [0.25, 0.3) is 61.0 Å². The van der Waals surface area contributed by atoms with Crippen molar-refractivity contribution in [1.29, 1.82) is 0 Å². The van der Waals surface area contributed by atoms with E-state index in [-0.39, 0.29) is 17.9 Å². The van der Waals surface area contributed by atoms with Crippen molar-refractivity contribution >= 4 is 50.9 Å². The summed E-state index contributed by atoms with van der Waals surface area (Å²) in [6, 6.07) is 80.1. The molecule has 2 aliphatic carbocycles. The van der Waals surface area contributed by atoms with Crippen molar-refractivity contribution < 1.29 is 0 Å². The highest BCUT2D eigenvalue weighted by molar-refractivity contribution is 8.00. The van der Waals surface area contributed by atoms with E-state index in [1.54, 1.807) is 0 Å². The Kier molecular flexibility index (Phi) is 9.84. The molecule has 10 aromatic rings. The first-order chi connectivity index (χ1) is 34.7. The van der Waals surface area contributed by atoms with Gasteiger partial charge in [0.05, 0.1) is 11.8 Å². The minimum atomic E-state index is -0.242. The van der Waals surface area contributed by atoms with Gasteiger partial charge in [-0.15, -0.1) is 11.8 Å². The van der Waals surface area contributed by atoms with E-state index in [1.807, 2.05) is 0 Å². The van der Waals surface area contributed by atoms with E-state index in [2.05, 4.69) is 254 Å². The Balaban J connectivity index is 0.977. The largest absolute Gasteiger partial charge is 0.254 e. The van der Waals surface area contributed by atoms with Crippen LogP contribution in [0, 0.1) is 0 Å². The van der Waals surface area contributed by atoms with Gasteiger partial charge in [-0.2, -0.15) is 0 Å². The van der Waals surface area contributed by atoms with Crippen LogP contribution in [0.15, 0.2) is 251 Å². The van der Waals surface area contributed by atoms with Crippen LogP contribution >= 0.6 is 11.8 Å². The molecule has 0 N–H and O–H groups in total. The summed E-state index contributed by atoms with van der Waals surface area (Å²) < 4.78 is 0. The first-order valence-corrected chi connectivity index (χ1v) is 25.4. The zero-order valence-corrected chi connectivity index (χ0v) is 39.2. The Morgan fingerprint density at radius 2 is 1.11 bits per heavy atom. The van der Waals surface area contributed by atoms with Gasteiger partial charge >= 0.3 is 0 Å². The van der Waals surface area contributed by atoms with Gasteiger partial charge in [0.2, 0.25) is 0 Å². The molecule has 2 nitrogen and oxygen atoms in total. The molecule has 3 heteroatoms. The van der Waals surface area contributed by atoms with Crippen molar-refractivity contribution in [1.82, 2.24) is 0 Å². The van der Waals surface area contributed by atoms with Crippen LogP contribution < -0.4 is 0 Å². The van der Waals surface area contributed by atoms with E-state index in [0.717, 1.165) is 40.2 Å². The van der Waals surface area contributed by atoms with Gasteiger partial charge < -0.3 is 0 Å². The van der Waals surface area contributed by atoms with Crippen molar-refractivity contribution in [2.24, 2.45) is 9.98 Å². The molecule has 4 aliphatic rings. The molecule has 14 rings (SSSR count). The standard InChI is InChI=1S/C67H46N2S/c1-3-14-42(15-4-1)44-26-28-47(29-27-44)61-33-34-62(69-67(68-61)51-23-13-22-48(36-51)43-16-5-2-6-17-43)53-40-59(66-60(41-53)65-55-25-12-10-19-46(55)31-35-63(65)70-66)58-39-52-37-49-20-7-8-21-50(49)38-57(52)56-32-30-45-18-9-11-24-54(45)64(56)58/h1-38,40-41,58,61,63,65H,39H2. The predicted octanol–water partition coefficient (Wildman–Crippen LogP) is 16.9. The van der Waals surface area contributed by atoms with Crippen molar-refractivity contribution in [2.45, 2.75) is 34.4 Å². The number of hydrogen-bond acceptors (Lipinski definition) is 3. The number of nitrogens with zero attached hydrogens (tertiary/aromatic N) is 2. The number of aliphatic imine (C=N–C) groups is 2. The summed E-state index contributed by atoms with van der Waals surface area (Å²) in [4.78, 5) is 12.6. The molecule has 0 fully saturated rings. The van der Waals surface area contributed by atoms with Crippen molar-refractivity contribution in [3.05, 3.63) is 287 Å². The minimum Gasteiger partial charge on any atom is -0.254 e. The maximum absolute atomic E-state index is 5.68. The third kappa shape index (κ3) is 7.03. The topological polar surface area (TPSA) is 24.7 Å².